The Labute approximate surface area is 40.4 Å². The normalized spacial score (nSPS) is 13.3. The van der Waals surface area contributed by atoms with Crippen LogP contribution in [0.3, 0.4) is 0 Å². The fourth-order valence-corrected chi connectivity index (χ4v) is 0.204. The van der Waals surface area contributed by atoms with Gasteiger partial charge in [-0.05, 0) is 12.8 Å². The first-order valence-corrected chi connectivity index (χ1v) is 2.08. The minimum atomic E-state index is 0.434. The standard InChI is InChI=1S/C4H10O2/c5-3-1-2-4-6/h5-6H,1-4H2/i5D,6D. The molecule has 0 heterocycles. The first kappa shape index (κ1) is 2.99. The fourth-order valence-electron chi connectivity index (χ4n) is 0.204. The van der Waals surface area contributed by atoms with Gasteiger partial charge in [0, 0.05) is 13.2 Å². The molecule has 0 amide bonds. The summed E-state index contributed by atoms with van der Waals surface area (Å²) in [6.45, 7) is 0.868. The molecule has 0 fully saturated rings. The van der Waals surface area contributed by atoms with E-state index in [-0.39, 0.29) is 0 Å². The van der Waals surface area contributed by atoms with Crippen LogP contribution in [0.5, 0.6) is 0 Å². The molecule has 0 aromatic rings. The average Bonchev–Trinajstić information content (AvgIpc) is 1.81. The summed E-state index contributed by atoms with van der Waals surface area (Å²) in [5, 5.41) is 8.04. The molecule has 0 aliphatic heterocycles. The van der Waals surface area contributed by atoms with Crippen molar-refractivity contribution in [3.63, 3.8) is 0 Å². The van der Waals surface area contributed by atoms with Crippen molar-refractivity contribution >= 4 is 0 Å². The lowest BCUT2D eigenvalue weighted by Crippen LogP contribution is -1.85. The van der Waals surface area contributed by atoms with Crippen molar-refractivity contribution in [2.45, 2.75) is 12.8 Å². The van der Waals surface area contributed by atoms with Gasteiger partial charge in [0.25, 0.3) is 0 Å². The number of hydrogen-bond acceptors (Lipinski definition) is 2. The van der Waals surface area contributed by atoms with E-state index in [2.05, 4.69) is 10.2 Å². The summed E-state index contributed by atoms with van der Waals surface area (Å²) in [7, 11) is 0. The molecule has 38 valence electrons. The second kappa shape index (κ2) is 4.92. The molecule has 2 heteroatoms. The van der Waals surface area contributed by atoms with Crippen molar-refractivity contribution in [2.75, 3.05) is 13.2 Å². The van der Waals surface area contributed by atoms with Gasteiger partial charge in [0.2, 0.25) is 2.86 Å². The zero-order valence-corrected chi connectivity index (χ0v) is 3.64. The van der Waals surface area contributed by atoms with E-state index in [0.717, 1.165) is 12.8 Å². The van der Waals surface area contributed by atoms with Crippen LogP contribution < -0.4 is 0 Å². The van der Waals surface area contributed by atoms with Crippen LogP contribution in [0, 0.1) is 0 Å². The lowest BCUT2D eigenvalue weighted by atomic mass is 10.3. The van der Waals surface area contributed by atoms with E-state index in [4.69, 9.17) is 2.86 Å². The molecule has 0 aliphatic rings. The quantitative estimate of drug-likeness (QED) is 0.459. The highest BCUT2D eigenvalue weighted by Gasteiger charge is 1.77. The topological polar surface area (TPSA) is 40.5 Å². The maximum atomic E-state index is 6.25. The highest BCUT2D eigenvalue weighted by Crippen LogP contribution is 1.80. The molecule has 6 heavy (non-hydrogen) atoms. The van der Waals surface area contributed by atoms with Crippen LogP contribution >= 0.6 is 0 Å². The van der Waals surface area contributed by atoms with Crippen LogP contribution in [0.2, 0.25) is 0 Å². The monoisotopic (exact) mass is 92.1 g/mol. The number of hydrogen-bond donors (Lipinski definition) is 2. The van der Waals surface area contributed by atoms with E-state index in [1.165, 1.54) is 0 Å². The number of aliphatic hydroxyl groups excluding tert-OH is 2. The molecular weight excluding hydrogens is 80.0 g/mol. The third kappa shape index (κ3) is 3.92. The van der Waals surface area contributed by atoms with Crippen LogP contribution in [-0.4, -0.2) is 26.3 Å². The van der Waals surface area contributed by atoms with Crippen molar-refractivity contribution in [3.8, 4) is 0 Å². The zero-order valence-electron chi connectivity index (χ0n) is 5.64. The second-order valence-corrected chi connectivity index (χ2v) is 1.12. The molecule has 2 N–H and O–H groups in total. The van der Waals surface area contributed by atoms with Gasteiger partial charge >= 0.3 is 0 Å². The third-order valence-corrected chi connectivity index (χ3v) is 0.539. The van der Waals surface area contributed by atoms with E-state index in [1.807, 2.05) is 0 Å². The molecule has 0 aromatic heterocycles. The Morgan fingerprint density at radius 1 is 1.17 bits per heavy atom. The summed E-state index contributed by atoms with van der Waals surface area (Å²) in [5.41, 5.74) is 0. The molecule has 0 atom stereocenters. The Morgan fingerprint density at radius 3 is 2.00 bits per heavy atom. The average molecular weight is 92.1 g/mol. The van der Waals surface area contributed by atoms with Gasteiger partial charge in [0.1, 0.15) is 0 Å². The predicted octanol–water partition coefficient (Wildman–Crippen LogP) is -0.249. The predicted molar refractivity (Wildman–Crippen MR) is 23.4 cm³/mol. The maximum absolute atomic E-state index is 6.25. The van der Waals surface area contributed by atoms with Crippen molar-refractivity contribution in [1.29, 1.82) is 2.86 Å². The Bertz CT molecular complexity index is 37.0. The van der Waals surface area contributed by atoms with Crippen LogP contribution in [-0.2, 0) is 0 Å². The van der Waals surface area contributed by atoms with Gasteiger partial charge in [-0.15, -0.1) is 0 Å². The molecule has 0 saturated heterocycles. The number of rotatable bonds is 5. The van der Waals surface area contributed by atoms with Gasteiger partial charge in [-0.3, -0.25) is 0 Å². The summed E-state index contributed by atoms with van der Waals surface area (Å²) >= 11 is 0. The summed E-state index contributed by atoms with van der Waals surface area (Å²) in [6, 6.07) is 0. The maximum Gasteiger partial charge on any atom is 0.210 e. The Balaban J connectivity index is 2.53. The van der Waals surface area contributed by atoms with E-state index in [1.54, 1.807) is 0 Å². The molecule has 0 unspecified atom stereocenters. The van der Waals surface area contributed by atoms with E-state index < -0.39 is 0 Å². The van der Waals surface area contributed by atoms with Crippen LogP contribution in [0.1, 0.15) is 12.8 Å². The van der Waals surface area contributed by atoms with Gasteiger partial charge in [-0.1, -0.05) is 0 Å². The van der Waals surface area contributed by atoms with Gasteiger partial charge < -0.3 is 10.2 Å². The first-order chi connectivity index (χ1) is 3.91. The minimum absolute atomic E-state index is 0.434. The van der Waals surface area contributed by atoms with Crippen LogP contribution in [0.4, 0.5) is 0 Å². The van der Waals surface area contributed by atoms with Crippen molar-refractivity contribution in [3.05, 3.63) is 0 Å². The SMILES string of the molecule is [2H]OCCCCO[2H]. The first-order valence-electron chi connectivity index (χ1n) is 2.89. The second-order valence-electron chi connectivity index (χ2n) is 1.12. The molecular formula is C4H10O2. The number of aliphatic hydroxyl groups is 2. The van der Waals surface area contributed by atoms with Crippen molar-refractivity contribution < 1.29 is 10.2 Å². The summed E-state index contributed by atoms with van der Waals surface area (Å²) in [4.78, 5) is 0. The summed E-state index contributed by atoms with van der Waals surface area (Å²) in [6.07, 6.45) is 1.59. The Kier molecular flexibility index (Phi) is 2.45. The summed E-state index contributed by atoms with van der Waals surface area (Å²) in [5.74, 6) is 0. The number of unbranched alkanes of at least 4 members (excludes halogenated alkanes) is 1. The van der Waals surface area contributed by atoms with Crippen molar-refractivity contribution in [1.82, 2.24) is 0 Å². The largest absolute Gasteiger partial charge is 0.396 e. The summed E-state index contributed by atoms with van der Waals surface area (Å²) < 4.78 is 12.5. The van der Waals surface area contributed by atoms with Gasteiger partial charge in [0.05, 0.1) is 0 Å². The molecule has 0 aromatic carbocycles. The lowest BCUT2D eigenvalue weighted by Gasteiger charge is -1.85. The minimum Gasteiger partial charge on any atom is -0.396 e. The molecule has 2 nitrogen and oxygen atoms in total. The highest BCUT2D eigenvalue weighted by molar-refractivity contribution is 4.30. The smallest absolute Gasteiger partial charge is 0.210 e. The lowest BCUT2D eigenvalue weighted by molar-refractivity contribution is 0.242. The van der Waals surface area contributed by atoms with E-state index in [9.17, 15) is 0 Å². The zero-order chi connectivity index (χ0) is 6.24. The third-order valence-electron chi connectivity index (χ3n) is 0.539. The highest BCUT2D eigenvalue weighted by atomic mass is 16.3. The van der Waals surface area contributed by atoms with Crippen LogP contribution in [0.25, 0.3) is 0 Å². The van der Waals surface area contributed by atoms with E-state index >= 15 is 0 Å². The Morgan fingerprint density at radius 2 is 1.67 bits per heavy atom. The fraction of sp³-hybridized carbons (Fsp3) is 1.00. The van der Waals surface area contributed by atoms with E-state index in [0.29, 0.717) is 13.2 Å². The van der Waals surface area contributed by atoms with Gasteiger partial charge in [-0.25, -0.2) is 0 Å². The van der Waals surface area contributed by atoms with Gasteiger partial charge in [0.15, 0.2) is 0 Å². The molecule has 0 rings (SSSR count). The Hall–Kier alpha value is -0.0800. The molecule has 0 aliphatic carbocycles. The molecule has 0 bridgehead atoms. The van der Waals surface area contributed by atoms with Gasteiger partial charge in [-0.2, -0.15) is 0 Å². The van der Waals surface area contributed by atoms with Crippen molar-refractivity contribution in [2.24, 2.45) is 0 Å². The molecule has 0 spiro atoms. The molecule has 0 radical (unpaired) electrons. The molecule has 0 saturated carbocycles. The van der Waals surface area contributed by atoms with Crippen LogP contribution in [0.15, 0.2) is 0 Å².